The summed E-state index contributed by atoms with van der Waals surface area (Å²) in [7, 11) is 0. The van der Waals surface area contributed by atoms with Gasteiger partial charge in [0.2, 0.25) is 11.8 Å². The van der Waals surface area contributed by atoms with E-state index in [-0.39, 0.29) is 35.1 Å². The number of likely N-dealkylation sites (tertiary alicyclic amines) is 1. The Hall–Kier alpha value is -2.74. The first-order valence-electron chi connectivity index (χ1n) is 10.6. The van der Waals surface area contributed by atoms with Crippen molar-refractivity contribution in [2.24, 2.45) is 5.41 Å². The number of halogens is 1. The van der Waals surface area contributed by atoms with E-state index >= 15 is 0 Å². The third kappa shape index (κ3) is 6.38. The highest BCUT2D eigenvalue weighted by Crippen LogP contribution is 2.27. The third-order valence-electron chi connectivity index (χ3n) is 5.42. The molecule has 0 radical (unpaired) electrons. The van der Waals surface area contributed by atoms with Crippen molar-refractivity contribution in [3.05, 3.63) is 41.1 Å². The number of benzene rings is 1. The number of carbonyl (C=O) groups is 3. The summed E-state index contributed by atoms with van der Waals surface area (Å²) in [5, 5.41) is 15.2. The molecule has 5 N–H and O–H groups in total. The number of nitrogens with two attached hydrogens (primary N) is 1. The molecule has 1 heterocycles. The maximum Gasteiger partial charge on any atom is 0.252 e. The van der Waals surface area contributed by atoms with Crippen molar-refractivity contribution in [1.29, 1.82) is 0 Å². The van der Waals surface area contributed by atoms with Gasteiger partial charge in [0.1, 0.15) is 12.1 Å². The predicted octanol–water partition coefficient (Wildman–Crippen LogP) is 3.02. The lowest BCUT2D eigenvalue weighted by molar-refractivity contribution is -0.142. The van der Waals surface area contributed by atoms with E-state index in [1.807, 2.05) is 20.8 Å². The summed E-state index contributed by atoms with van der Waals surface area (Å²) in [6.45, 7) is 11.2. The van der Waals surface area contributed by atoms with Gasteiger partial charge in [0.15, 0.2) is 0 Å². The second-order valence-electron chi connectivity index (χ2n) is 9.38. The van der Waals surface area contributed by atoms with E-state index in [0.717, 1.165) is 0 Å². The summed E-state index contributed by atoms with van der Waals surface area (Å²) in [5.41, 5.74) is 5.76. The fourth-order valence-electron chi connectivity index (χ4n) is 3.74. The van der Waals surface area contributed by atoms with Gasteiger partial charge in [-0.2, -0.15) is 0 Å². The maximum absolute atomic E-state index is 13.5. The van der Waals surface area contributed by atoms with Crippen LogP contribution in [0, 0.1) is 5.41 Å². The van der Waals surface area contributed by atoms with Crippen molar-refractivity contribution in [1.82, 2.24) is 15.5 Å². The van der Waals surface area contributed by atoms with Gasteiger partial charge < -0.3 is 26.4 Å². The molecule has 0 aliphatic carbocycles. The average Bonchev–Trinajstić information content (AvgIpc) is 3.16. The van der Waals surface area contributed by atoms with Crippen LogP contribution in [0.2, 0.25) is 5.02 Å². The molecule has 0 aromatic heterocycles. The van der Waals surface area contributed by atoms with Crippen LogP contribution >= 0.6 is 11.6 Å². The second-order valence-corrected chi connectivity index (χ2v) is 9.79. The molecule has 1 saturated heterocycles. The molecule has 3 amide bonds. The standard InChI is InChI=1S/C23H33ClN4O4/c1-13(11-14(2)29)26-21(31)18-7-6-10-28(18)22(32)19(23(3,4)5)27-20(30)15-8-9-17(25)16(24)12-15/h8-9,12-13,18-19,29H,2,6-7,10-11,25H2,1,3-5H3,(H,26,31)(H,27,30)/t13-,18+,19-/m1/s1. The summed E-state index contributed by atoms with van der Waals surface area (Å²) >= 11 is 6.03. The molecule has 3 atom stereocenters. The number of rotatable bonds is 7. The molecule has 1 aromatic rings. The molecular formula is C23H33ClN4O4. The van der Waals surface area contributed by atoms with E-state index < -0.39 is 23.4 Å². The number of carbonyl (C=O) groups excluding carboxylic acids is 3. The van der Waals surface area contributed by atoms with Crippen LogP contribution in [-0.4, -0.2) is 52.4 Å². The second kappa shape index (κ2) is 10.3. The molecule has 32 heavy (non-hydrogen) atoms. The largest absolute Gasteiger partial charge is 0.513 e. The van der Waals surface area contributed by atoms with Crippen LogP contribution in [0.1, 0.15) is 57.3 Å². The van der Waals surface area contributed by atoms with Gasteiger partial charge in [0.05, 0.1) is 16.5 Å². The number of hydrogen-bond donors (Lipinski definition) is 4. The lowest BCUT2D eigenvalue weighted by Crippen LogP contribution is -2.58. The molecule has 8 nitrogen and oxygen atoms in total. The van der Waals surface area contributed by atoms with Crippen LogP contribution in [0.5, 0.6) is 0 Å². The number of amides is 3. The van der Waals surface area contributed by atoms with Gasteiger partial charge >= 0.3 is 0 Å². The van der Waals surface area contributed by atoms with E-state index in [1.54, 1.807) is 13.0 Å². The first-order valence-corrected chi connectivity index (χ1v) is 11.0. The van der Waals surface area contributed by atoms with Crippen LogP contribution in [0.25, 0.3) is 0 Å². The number of hydrogen-bond acceptors (Lipinski definition) is 5. The number of anilines is 1. The summed E-state index contributed by atoms with van der Waals surface area (Å²) in [4.78, 5) is 40.7. The minimum Gasteiger partial charge on any atom is -0.513 e. The Morgan fingerprint density at radius 3 is 2.53 bits per heavy atom. The zero-order chi connectivity index (χ0) is 24.2. The van der Waals surface area contributed by atoms with Crippen LogP contribution in [0.15, 0.2) is 30.5 Å². The molecule has 2 rings (SSSR count). The van der Waals surface area contributed by atoms with Crippen molar-refractivity contribution in [2.45, 2.75) is 65.1 Å². The van der Waals surface area contributed by atoms with Gasteiger partial charge in [0, 0.05) is 24.6 Å². The molecule has 1 aromatic carbocycles. The fourth-order valence-corrected chi connectivity index (χ4v) is 3.92. The molecule has 1 aliphatic rings. The zero-order valence-corrected chi connectivity index (χ0v) is 19.8. The molecule has 9 heteroatoms. The van der Waals surface area contributed by atoms with Crippen LogP contribution in [0.3, 0.4) is 0 Å². The van der Waals surface area contributed by atoms with E-state index in [1.165, 1.54) is 17.0 Å². The lowest BCUT2D eigenvalue weighted by atomic mass is 9.85. The van der Waals surface area contributed by atoms with Gasteiger partial charge in [0.25, 0.3) is 5.91 Å². The molecule has 0 unspecified atom stereocenters. The number of nitrogens with zero attached hydrogens (tertiary/aromatic N) is 1. The summed E-state index contributed by atoms with van der Waals surface area (Å²) in [6.07, 6.45) is 1.45. The quantitative estimate of drug-likeness (QED) is 0.364. The van der Waals surface area contributed by atoms with E-state index in [9.17, 15) is 19.5 Å². The molecule has 0 spiro atoms. The first kappa shape index (κ1) is 25.5. The molecule has 1 aliphatic heterocycles. The van der Waals surface area contributed by atoms with Crippen molar-refractivity contribution in [2.75, 3.05) is 12.3 Å². The number of nitrogens with one attached hydrogen (secondary N) is 2. The SMILES string of the molecule is C=C(O)C[C@@H](C)NC(=O)[C@@H]1CCCN1C(=O)[C@@H](NC(=O)c1ccc(N)c(Cl)c1)C(C)(C)C. The van der Waals surface area contributed by atoms with E-state index in [2.05, 4.69) is 17.2 Å². The molecule has 176 valence electrons. The average molecular weight is 465 g/mol. The van der Waals surface area contributed by atoms with Crippen LogP contribution in [-0.2, 0) is 9.59 Å². The Balaban J connectivity index is 2.18. The number of nitrogen functional groups attached to an aromatic ring is 1. The zero-order valence-electron chi connectivity index (χ0n) is 19.1. The smallest absolute Gasteiger partial charge is 0.252 e. The fraction of sp³-hybridized carbons (Fsp3) is 0.522. The first-order chi connectivity index (χ1) is 14.8. The topological polar surface area (TPSA) is 125 Å². The Morgan fingerprint density at radius 2 is 1.97 bits per heavy atom. The number of aliphatic hydroxyl groups is 1. The lowest BCUT2D eigenvalue weighted by Gasteiger charge is -2.35. The molecule has 1 fully saturated rings. The normalized spacial score (nSPS) is 18.0. The highest BCUT2D eigenvalue weighted by molar-refractivity contribution is 6.33. The van der Waals surface area contributed by atoms with Crippen LogP contribution < -0.4 is 16.4 Å². The molecular weight excluding hydrogens is 432 g/mol. The monoisotopic (exact) mass is 464 g/mol. The highest BCUT2D eigenvalue weighted by Gasteiger charge is 2.42. The van der Waals surface area contributed by atoms with Gasteiger partial charge in [-0.15, -0.1) is 0 Å². The minimum absolute atomic E-state index is 0.0181. The van der Waals surface area contributed by atoms with Crippen molar-refractivity contribution < 1.29 is 19.5 Å². The summed E-state index contributed by atoms with van der Waals surface area (Å²) in [5.74, 6) is -1.07. The Labute approximate surface area is 194 Å². The summed E-state index contributed by atoms with van der Waals surface area (Å²) in [6, 6.07) is 2.74. The van der Waals surface area contributed by atoms with Crippen molar-refractivity contribution >= 4 is 35.0 Å². The van der Waals surface area contributed by atoms with Crippen LogP contribution in [0.4, 0.5) is 5.69 Å². The molecule has 0 saturated carbocycles. The Morgan fingerprint density at radius 1 is 1.31 bits per heavy atom. The van der Waals surface area contributed by atoms with Gasteiger partial charge in [-0.25, -0.2) is 0 Å². The number of aliphatic hydroxyl groups excluding tert-OH is 1. The minimum atomic E-state index is -0.852. The summed E-state index contributed by atoms with van der Waals surface area (Å²) < 4.78 is 0. The maximum atomic E-state index is 13.5. The Bertz CT molecular complexity index is 896. The van der Waals surface area contributed by atoms with Gasteiger partial charge in [-0.1, -0.05) is 39.0 Å². The predicted molar refractivity (Wildman–Crippen MR) is 125 cm³/mol. The van der Waals surface area contributed by atoms with Gasteiger partial charge in [-0.3, -0.25) is 14.4 Å². The van der Waals surface area contributed by atoms with Gasteiger partial charge in [-0.05, 0) is 43.4 Å². The third-order valence-corrected chi connectivity index (χ3v) is 5.75. The highest BCUT2D eigenvalue weighted by atomic mass is 35.5. The van der Waals surface area contributed by atoms with Crippen molar-refractivity contribution in [3.63, 3.8) is 0 Å². The van der Waals surface area contributed by atoms with E-state index in [0.29, 0.717) is 30.6 Å². The van der Waals surface area contributed by atoms with Crippen molar-refractivity contribution in [3.8, 4) is 0 Å². The van der Waals surface area contributed by atoms with E-state index in [4.69, 9.17) is 17.3 Å². The molecule has 0 bridgehead atoms. The Kier molecular flexibility index (Phi) is 8.18.